The lowest BCUT2D eigenvalue weighted by molar-refractivity contribution is -0.674. The molecule has 5 nitrogen and oxygen atoms in total. The molecule has 0 N–H and O–H groups in total. The van der Waals surface area contributed by atoms with E-state index in [1.165, 1.54) is 32.8 Å². The van der Waals surface area contributed by atoms with Crippen molar-refractivity contribution in [1.82, 2.24) is 0 Å². The number of nitrogens with zero attached hydrogens (tertiary/aromatic N) is 3. The normalized spacial score (nSPS) is 13.8. The van der Waals surface area contributed by atoms with Gasteiger partial charge in [-0.25, -0.2) is 0 Å². The third-order valence-electron chi connectivity index (χ3n) is 9.78. The number of benzene rings is 6. The van der Waals surface area contributed by atoms with E-state index in [4.69, 9.17) is 4.42 Å². The van der Waals surface area contributed by atoms with E-state index >= 15 is 0 Å². The van der Waals surface area contributed by atoms with E-state index in [9.17, 15) is 4.79 Å². The number of thioether (sulfide) groups is 1. The summed E-state index contributed by atoms with van der Waals surface area (Å²) in [6.45, 7) is 7.91. The van der Waals surface area contributed by atoms with Crippen LogP contribution in [0.4, 0.5) is 17.1 Å². The first-order chi connectivity index (χ1) is 25.5. The lowest BCUT2D eigenvalue weighted by atomic mass is 10.0. The fourth-order valence-electron chi connectivity index (χ4n) is 7.10. The van der Waals surface area contributed by atoms with Crippen molar-refractivity contribution in [3.05, 3.63) is 157 Å². The van der Waals surface area contributed by atoms with Gasteiger partial charge in [0.1, 0.15) is 12.8 Å². The molecule has 0 saturated carbocycles. The van der Waals surface area contributed by atoms with E-state index in [2.05, 4.69) is 143 Å². The molecule has 0 spiro atoms. The van der Waals surface area contributed by atoms with Crippen LogP contribution in [0.25, 0.3) is 50.6 Å². The SMILES string of the molecule is CCN1/C(=C/c2oc3ccc(-c4ccc(-c5ccccc5)cc4)cc3[n+]2CC)Sc2ccc(-c3ccc(N(c4ccccc4)C(C)C=O)cc3)cc21. The van der Waals surface area contributed by atoms with Crippen molar-refractivity contribution < 1.29 is 13.8 Å². The van der Waals surface area contributed by atoms with Crippen LogP contribution in [0.15, 0.2) is 160 Å². The van der Waals surface area contributed by atoms with E-state index < -0.39 is 0 Å². The van der Waals surface area contributed by atoms with Crippen LogP contribution in [-0.4, -0.2) is 18.9 Å². The van der Waals surface area contributed by atoms with Crippen molar-refractivity contribution >= 4 is 52.3 Å². The molecule has 6 aromatic carbocycles. The van der Waals surface area contributed by atoms with Gasteiger partial charge in [-0.1, -0.05) is 109 Å². The monoisotopic (exact) mass is 698 g/mol. The maximum atomic E-state index is 11.8. The molecule has 1 aliphatic rings. The summed E-state index contributed by atoms with van der Waals surface area (Å²) in [7, 11) is 0. The summed E-state index contributed by atoms with van der Waals surface area (Å²) >= 11 is 1.78. The van der Waals surface area contributed by atoms with Gasteiger partial charge < -0.3 is 19.0 Å². The van der Waals surface area contributed by atoms with Gasteiger partial charge in [-0.2, -0.15) is 4.57 Å². The third kappa shape index (κ3) is 6.31. The molecule has 0 bridgehead atoms. The molecule has 1 atom stereocenters. The van der Waals surface area contributed by atoms with Gasteiger partial charge in [-0.15, -0.1) is 0 Å². The minimum atomic E-state index is -0.286. The Hall–Kier alpha value is -5.85. The van der Waals surface area contributed by atoms with E-state index in [0.29, 0.717) is 0 Å². The van der Waals surface area contributed by atoms with Crippen LogP contribution in [0.5, 0.6) is 0 Å². The molecule has 1 aromatic heterocycles. The van der Waals surface area contributed by atoms with Crippen LogP contribution in [0.1, 0.15) is 26.7 Å². The number of oxazole rings is 1. The smallest absolute Gasteiger partial charge is 0.376 e. The molecule has 0 aliphatic carbocycles. The Balaban J connectivity index is 1.06. The number of anilines is 3. The molecule has 256 valence electrons. The van der Waals surface area contributed by atoms with Crippen LogP contribution in [0.2, 0.25) is 0 Å². The maximum Gasteiger partial charge on any atom is 0.376 e. The molecule has 1 aliphatic heterocycles. The number of hydrogen-bond donors (Lipinski definition) is 0. The predicted molar refractivity (Wildman–Crippen MR) is 216 cm³/mol. The van der Waals surface area contributed by atoms with Crippen molar-refractivity contribution in [3.8, 4) is 33.4 Å². The van der Waals surface area contributed by atoms with Gasteiger partial charge in [-0.05, 0) is 96.6 Å². The second-order valence-corrected chi connectivity index (χ2v) is 14.0. The number of aromatic nitrogens is 1. The molecule has 0 amide bonds. The highest BCUT2D eigenvalue weighted by atomic mass is 32.2. The van der Waals surface area contributed by atoms with E-state index in [1.807, 2.05) is 43.3 Å². The summed E-state index contributed by atoms with van der Waals surface area (Å²) in [4.78, 5) is 17.5. The number of aryl methyl sites for hydroxylation is 1. The van der Waals surface area contributed by atoms with Crippen LogP contribution >= 0.6 is 11.8 Å². The lowest BCUT2D eigenvalue weighted by Crippen LogP contribution is -2.34. The van der Waals surface area contributed by atoms with Crippen LogP contribution < -0.4 is 14.4 Å². The highest BCUT2D eigenvalue weighted by molar-refractivity contribution is 8.03. The van der Waals surface area contributed by atoms with Crippen LogP contribution in [0, 0.1) is 0 Å². The van der Waals surface area contributed by atoms with E-state index in [1.54, 1.807) is 11.8 Å². The Morgan fingerprint density at radius 1 is 0.692 bits per heavy atom. The lowest BCUT2D eigenvalue weighted by Gasteiger charge is -2.28. The first-order valence-electron chi connectivity index (χ1n) is 17.9. The van der Waals surface area contributed by atoms with Gasteiger partial charge in [-0.3, -0.25) is 0 Å². The summed E-state index contributed by atoms with van der Waals surface area (Å²) in [5, 5.41) is 1.14. The number of para-hydroxylation sites is 1. The van der Waals surface area contributed by atoms with Gasteiger partial charge in [0.15, 0.2) is 0 Å². The third-order valence-corrected chi connectivity index (χ3v) is 10.9. The van der Waals surface area contributed by atoms with Gasteiger partial charge in [0, 0.05) is 28.9 Å². The standard InChI is InChI=1S/C46H40N3O2S/c1-4-47-41-28-37(35-18-16-34(17-19-35)33-12-8-6-9-13-33)22-26-43(41)51-45(47)30-46-48(5-2)42-29-38(23-27-44(42)52-46)36-20-24-40(25-21-36)49(32(3)31-50)39-14-10-7-11-15-39/h6-32H,4-5H2,1-3H3/q+1. The number of carbonyl (C=O) groups excluding carboxylic acids is 1. The Morgan fingerprint density at radius 2 is 1.25 bits per heavy atom. The largest absolute Gasteiger partial charge is 0.398 e. The molecular weight excluding hydrogens is 659 g/mol. The zero-order valence-electron chi connectivity index (χ0n) is 29.6. The Morgan fingerprint density at radius 3 is 1.90 bits per heavy atom. The number of aldehydes is 1. The molecule has 0 radical (unpaired) electrons. The predicted octanol–water partition coefficient (Wildman–Crippen LogP) is 11.4. The highest BCUT2D eigenvalue weighted by Crippen LogP contribution is 2.48. The van der Waals surface area contributed by atoms with Gasteiger partial charge in [0.05, 0.1) is 22.8 Å². The topological polar surface area (TPSA) is 40.6 Å². The molecule has 52 heavy (non-hydrogen) atoms. The fraction of sp³-hybridized carbons (Fsp3) is 0.130. The molecular formula is C46H40N3O2S+. The molecule has 0 saturated heterocycles. The Labute approximate surface area is 309 Å². The first kappa shape index (κ1) is 33.3. The van der Waals surface area contributed by atoms with Crippen molar-refractivity contribution in [1.29, 1.82) is 0 Å². The zero-order chi connectivity index (χ0) is 35.6. The average Bonchev–Trinajstić information content (AvgIpc) is 3.74. The van der Waals surface area contributed by atoms with Crippen LogP contribution in [-0.2, 0) is 11.3 Å². The van der Waals surface area contributed by atoms with E-state index in [0.717, 1.165) is 63.9 Å². The quantitative estimate of drug-likeness (QED) is 0.105. The minimum Gasteiger partial charge on any atom is -0.398 e. The van der Waals surface area contributed by atoms with Gasteiger partial charge in [0.25, 0.3) is 5.52 Å². The summed E-state index contributed by atoms with van der Waals surface area (Å²) in [5.74, 6) is 0.839. The van der Waals surface area contributed by atoms with Crippen molar-refractivity contribution in [2.45, 2.75) is 38.3 Å². The minimum absolute atomic E-state index is 0.286. The highest BCUT2D eigenvalue weighted by Gasteiger charge is 2.28. The summed E-state index contributed by atoms with van der Waals surface area (Å²) in [6.07, 6.45) is 3.17. The van der Waals surface area contributed by atoms with Crippen molar-refractivity contribution in [3.63, 3.8) is 0 Å². The number of fused-ring (bicyclic) bond motifs is 2. The maximum absolute atomic E-state index is 11.8. The summed E-state index contributed by atoms with van der Waals surface area (Å²) in [5.41, 5.74) is 12.2. The summed E-state index contributed by atoms with van der Waals surface area (Å²) in [6, 6.07) is 50.7. The second-order valence-electron chi connectivity index (χ2n) is 13.0. The number of hydrogen-bond acceptors (Lipinski definition) is 5. The van der Waals surface area contributed by atoms with E-state index in [-0.39, 0.29) is 6.04 Å². The fourth-order valence-corrected chi connectivity index (χ4v) is 8.24. The van der Waals surface area contributed by atoms with Gasteiger partial charge in [0.2, 0.25) is 5.58 Å². The second kappa shape index (κ2) is 14.4. The number of rotatable bonds is 10. The van der Waals surface area contributed by atoms with Crippen molar-refractivity contribution in [2.75, 3.05) is 16.3 Å². The molecule has 6 heteroatoms. The molecule has 8 rings (SSSR count). The average molecular weight is 699 g/mol. The molecule has 0 fully saturated rings. The summed E-state index contributed by atoms with van der Waals surface area (Å²) < 4.78 is 8.78. The molecule has 2 heterocycles. The van der Waals surface area contributed by atoms with Crippen LogP contribution in [0.3, 0.4) is 0 Å². The number of carbonyl (C=O) groups is 1. The Kier molecular flexibility index (Phi) is 9.23. The molecule has 7 aromatic rings. The Bertz CT molecular complexity index is 2380. The zero-order valence-corrected chi connectivity index (χ0v) is 30.4. The van der Waals surface area contributed by atoms with Gasteiger partial charge >= 0.3 is 5.89 Å². The molecule has 1 unspecified atom stereocenters. The van der Waals surface area contributed by atoms with Crippen molar-refractivity contribution in [2.24, 2.45) is 0 Å². The first-order valence-corrected chi connectivity index (χ1v) is 18.7.